The number of nitrogens with one attached hydrogen (secondary N) is 1. The smallest absolute Gasteiger partial charge is 0.157 e. The number of rotatable bonds is 4. The molecule has 1 N–H and O–H groups in total. The molecule has 0 aromatic carbocycles. The molecule has 0 atom stereocenters. The van der Waals surface area contributed by atoms with Crippen molar-refractivity contribution in [3.8, 4) is 0 Å². The summed E-state index contributed by atoms with van der Waals surface area (Å²) in [6.45, 7) is 7.39. The largest absolute Gasteiger partial charge is 0.361 e. The van der Waals surface area contributed by atoms with Gasteiger partial charge in [0.05, 0.1) is 11.4 Å². The number of pyridine rings is 1. The Balaban J connectivity index is 1.72. The van der Waals surface area contributed by atoms with Gasteiger partial charge in [-0.1, -0.05) is 5.16 Å². The fraction of sp³-hybridized carbons (Fsp3) is 0.400. The minimum atomic E-state index is 0.741. The third-order valence-corrected chi connectivity index (χ3v) is 3.73. The van der Waals surface area contributed by atoms with Crippen LogP contribution in [0.1, 0.15) is 28.3 Å². The Bertz CT molecular complexity index is 767. The van der Waals surface area contributed by atoms with Gasteiger partial charge in [-0.15, -0.1) is 0 Å². The summed E-state index contributed by atoms with van der Waals surface area (Å²) in [7, 11) is 1.91. The maximum Gasteiger partial charge on any atom is 0.157 e. The first-order chi connectivity index (χ1) is 10.1. The van der Waals surface area contributed by atoms with Crippen molar-refractivity contribution in [1.82, 2.24) is 25.2 Å². The van der Waals surface area contributed by atoms with Crippen LogP contribution in [-0.4, -0.2) is 19.9 Å². The third kappa shape index (κ3) is 2.54. The SMILES string of the molecule is Cc1noc(C)c1CNCc1cnc2c(c1)c(C)nn2C. The van der Waals surface area contributed by atoms with E-state index in [9.17, 15) is 0 Å². The molecule has 0 fully saturated rings. The zero-order valence-electron chi connectivity index (χ0n) is 12.8. The Labute approximate surface area is 123 Å². The molecule has 3 heterocycles. The molecule has 0 saturated heterocycles. The summed E-state index contributed by atoms with van der Waals surface area (Å²) in [5.74, 6) is 0.872. The first kappa shape index (κ1) is 13.8. The number of fused-ring (bicyclic) bond motifs is 1. The van der Waals surface area contributed by atoms with Crippen LogP contribution in [0.3, 0.4) is 0 Å². The second-order valence-corrected chi connectivity index (χ2v) is 5.33. The Morgan fingerprint density at radius 1 is 1.19 bits per heavy atom. The molecule has 3 aromatic rings. The van der Waals surface area contributed by atoms with Crippen LogP contribution in [0.25, 0.3) is 11.0 Å². The van der Waals surface area contributed by atoms with Gasteiger partial charge in [0.15, 0.2) is 5.65 Å². The van der Waals surface area contributed by atoms with Crippen LogP contribution in [0.5, 0.6) is 0 Å². The van der Waals surface area contributed by atoms with Gasteiger partial charge in [-0.05, 0) is 32.4 Å². The van der Waals surface area contributed by atoms with Crippen molar-refractivity contribution < 1.29 is 4.52 Å². The zero-order chi connectivity index (χ0) is 15.0. The summed E-state index contributed by atoms with van der Waals surface area (Å²) < 4.78 is 6.97. The van der Waals surface area contributed by atoms with Crippen LogP contribution >= 0.6 is 0 Å². The molecule has 3 aromatic heterocycles. The summed E-state index contributed by atoms with van der Waals surface area (Å²) in [5.41, 5.74) is 5.14. The van der Waals surface area contributed by atoms with Gasteiger partial charge in [0, 0.05) is 37.3 Å². The molecular formula is C15H19N5O. The van der Waals surface area contributed by atoms with E-state index in [1.807, 2.05) is 38.7 Å². The predicted octanol–water partition coefficient (Wildman–Crippen LogP) is 2.17. The average Bonchev–Trinajstić information content (AvgIpc) is 2.92. The van der Waals surface area contributed by atoms with E-state index < -0.39 is 0 Å². The van der Waals surface area contributed by atoms with Crippen molar-refractivity contribution in [3.63, 3.8) is 0 Å². The second kappa shape index (κ2) is 5.29. The first-order valence-electron chi connectivity index (χ1n) is 6.97. The molecule has 0 saturated carbocycles. The van der Waals surface area contributed by atoms with Gasteiger partial charge in [-0.3, -0.25) is 4.68 Å². The summed E-state index contributed by atoms with van der Waals surface area (Å²) in [6.07, 6.45) is 1.89. The van der Waals surface area contributed by atoms with E-state index in [4.69, 9.17) is 4.52 Å². The van der Waals surface area contributed by atoms with Gasteiger partial charge in [-0.2, -0.15) is 5.10 Å². The van der Waals surface area contributed by atoms with Crippen molar-refractivity contribution in [2.24, 2.45) is 7.05 Å². The lowest BCUT2D eigenvalue weighted by atomic mass is 10.2. The van der Waals surface area contributed by atoms with Crippen LogP contribution in [0.2, 0.25) is 0 Å². The topological polar surface area (TPSA) is 68.8 Å². The molecule has 0 aliphatic heterocycles. The van der Waals surface area contributed by atoms with Crippen LogP contribution in [0.4, 0.5) is 0 Å². The number of hydrogen-bond donors (Lipinski definition) is 1. The van der Waals surface area contributed by atoms with Gasteiger partial charge in [0.2, 0.25) is 0 Å². The highest BCUT2D eigenvalue weighted by atomic mass is 16.5. The van der Waals surface area contributed by atoms with Crippen molar-refractivity contribution in [2.75, 3.05) is 0 Å². The first-order valence-corrected chi connectivity index (χ1v) is 6.97. The molecule has 21 heavy (non-hydrogen) atoms. The van der Waals surface area contributed by atoms with Crippen LogP contribution in [0.15, 0.2) is 16.8 Å². The Kier molecular flexibility index (Phi) is 3.47. The molecule has 3 rings (SSSR count). The Morgan fingerprint density at radius 3 is 2.71 bits per heavy atom. The third-order valence-electron chi connectivity index (χ3n) is 3.73. The van der Waals surface area contributed by atoms with Crippen molar-refractivity contribution in [1.29, 1.82) is 0 Å². The van der Waals surface area contributed by atoms with E-state index in [-0.39, 0.29) is 0 Å². The molecule has 0 unspecified atom stereocenters. The van der Waals surface area contributed by atoms with Crippen LogP contribution in [-0.2, 0) is 20.1 Å². The highest BCUT2D eigenvalue weighted by Crippen LogP contribution is 2.17. The van der Waals surface area contributed by atoms with Crippen molar-refractivity contribution >= 4 is 11.0 Å². The molecule has 6 nitrogen and oxygen atoms in total. The molecule has 0 spiro atoms. The molecule has 0 amide bonds. The zero-order valence-corrected chi connectivity index (χ0v) is 12.8. The summed E-state index contributed by atoms with van der Waals surface area (Å²) >= 11 is 0. The molecule has 0 aliphatic carbocycles. The van der Waals surface area contributed by atoms with Gasteiger partial charge < -0.3 is 9.84 Å². The standard InChI is InChI=1S/C15H19N5O/c1-9-13-5-12(7-17-15(13)20(4)18-9)6-16-8-14-10(2)19-21-11(14)3/h5,7,16H,6,8H2,1-4H3. The van der Waals surface area contributed by atoms with E-state index >= 15 is 0 Å². The van der Waals surface area contributed by atoms with Gasteiger partial charge in [-0.25, -0.2) is 4.98 Å². The lowest BCUT2D eigenvalue weighted by molar-refractivity contribution is 0.392. The maximum absolute atomic E-state index is 5.16. The summed E-state index contributed by atoms with van der Waals surface area (Å²) in [5, 5.41) is 12.9. The lowest BCUT2D eigenvalue weighted by Gasteiger charge is -2.05. The van der Waals surface area contributed by atoms with E-state index in [2.05, 4.69) is 26.6 Å². The highest BCUT2D eigenvalue weighted by Gasteiger charge is 2.09. The van der Waals surface area contributed by atoms with Gasteiger partial charge in [0.1, 0.15) is 5.76 Å². The fourth-order valence-corrected chi connectivity index (χ4v) is 2.53. The quantitative estimate of drug-likeness (QED) is 0.795. The number of aromatic nitrogens is 4. The van der Waals surface area contributed by atoms with Crippen LogP contribution in [0, 0.1) is 20.8 Å². The highest BCUT2D eigenvalue weighted by molar-refractivity contribution is 5.78. The summed E-state index contributed by atoms with van der Waals surface area (Å²) in [6, 6.07) is 2.14. The normalized spacial score (nSPS) is 11.4. The second-order valence-electron chi connectivity index (χ2n) is 5.33. The minimum Gasteiger partial charge on any atom is -0.361 e. The van der Waals surface area contributed by atoms with E-state index in [1.54, 1.807) is 0 Å². The van der Waals surface area contributed by atoms with Crippen molar-refractivity contribution in [3.05, 3.63) is 40.5 Å². The number of hydrogen-bond acceptors (Lipinski definition) is 5. The summed E-state index contributed by atoms with van der Waals surface area (Å²) in [4.78, 5) is 4.48. The maximum atomic E-state index is 5.16. The molecular weight excluding hydrogens is 266 g/mol. The minimum absolute atomic E-state index is 0.741. The molecule has 0 bridgehead atoms. The van der Waals surface area contributed by atoms with E-state index in [0.29, 0.717) is 0 Å². The van der Waals surface area contributed by atoms with E-state index in [1.165, 1.54) is 0 Å². The lowest BCUT2D eigenvalue weighted by Crippen LogP contribution is -2.13. The predicted molar refractivity (Wildman–Crippen MR) is 79.8 cm³/mol. The number of aryl methyl sites for hydroxylation is 4. The Morgan fingerprint density at radius 2 is 2.00 bits per heavy atom. The van der Waals surface area contributed by atoms with Crippen molar-refractivity contribution in [2.45, 2.75) is 33.9 Å². The van der Waals surface area contributed by atoms with Crippen LogP contribution < -0.4 is 5.32 Å². The fourth-order valence-electron chi connectivity index (χ4n) is 2.53. The van der Waals surface area contributed by atoms with Gasteiger partial charge >= 0.3 is 0 Å². The molecule has 0 radical (unpaired) electrons. The molecule has 110 valence electrons. The molecule has 6 heteroatoms. The van der Waals surface area contributed by atoms with Gasteiger partial charge in [0.25, 0.3) is 0 Å². The van der Waals surface area contributed by atoms with E-state index in [0.717, 1.165) is 52.4 Å². The number of nitrogens with zero attached hydrogens (tertiary/aromatic N) is 4. The monoisotopic (exact) mass is 285 g/mol. The Hall–Kier alpha value is -2.21. The average molecular weight is 285 g/mol. The molecule has 0 aliphatic rings.